The molecule has 0 saturated carbocycles. The summed E-state index contributed by atoms with van der Waals surface area (Å²) in [7, 11) is 3.68. The van der Waals surface area contributed by atoms with Crippen LogP contribution in [-0.2, 0) is 6.54 Å². The van der Waals surface area contributed by atoms with Crippen molar-refractivity contribution < 1.29 is 9.53 Å². The summed E-state index contributed by atoms with van der Waals surface area (Å²) < 4.78 is 5.16. The van der Waals surface area contributed by atoms with E-state index in [1.165, 1.54) is 16.9 Å². The summed E-state index contributed by atoms with van der Waals surface area (Å²) in [5.74, 6) is 0.584. The Kier molecular flexibility index (Phi) is 6.43. The molecule has 0 unspecified atom stereocenters. The van der Waals surface area contributed by atoms with Gasteiger partial charge in [-0.05, 0) is 37.0 Å². The van der Waals surface area contributed by atoms with Crippen molar-refractivity contribution in [1.82, 2.24) is 10.2 Å². The Hall–Kier alpha value is -1.85. The minimum atomic E-state index is -0.0578. The lowest BCUT2D eigenvalue weighted by atomic mass is 10.2. The molecule has 0 fully saturated rings. The number of benzene rings is 1. The molecule has 0 aliphatic rings. The number of amides is 1. The van der Waals surface area contributed by atoms with Crippen LogP contribution in [0.4, 0.5) is 0 Å². The molecule has 0 radical (unpaired) electrons. The highest BCUT2D eigenvalue weighted by Gasteiger charge is 2.12. The van der Waals surface area contributed by atoms with Crippen LogP contribution in [0.25, 0.3) is 0 Å². The lowest BCUT2D eigenvalue weighted by Gasteiger charge is -2.16. The summed E-state index contributed by atoms with van der Waals surface area (Å²) >= 11 is 1.40. The number of hydrogen-bond acceptors (Lipinski definition) is 4. The summed E-state index contributed by atoms with van der Waals surface area (Å²) in [5, 5.41) is 4.81. The lowest BCUT2D eigenvalue weighted by molar-refractivity contribution is 0.0953. The molecule has 22 heavy (non-hydrogen) atoms. The van der Waals surface area contributed by atoms with Gasteiger partial charge in [-0.2, -0.15) is 0 Å². The van der Waals surface area contributed by atoms with E-state index in [2.05, 4.69) is 41.5 Å². The maximum atomic E-state index is 12.0. The van der Waals surface area contributed by atoms with Crippen LogP contribution in [0.2, 0.25) is 0 Å². The van der Waals surface area contributed by atoms with Gasteiger partial charge < -0.3 is 15.0 Å². The van der Waals surface area contributed by atoms with E-state index >= 15 is 0 Å². The van der Waals surface area contributed by atoms with Crippen LogP contribution in [0.5, 0.6) is 5.75 Å². The van der Waals surface area contributed by atoms with Gasteiger partial charge in [-0.15, -0.1) is 11.3 Å². The minimum absolute atomic E-state index is 0.0578. The number of nitrogens with zero attached hydrogens (tertiary/aromatic N) is 1. The van der Waals surface area contributed by atoms with Crippen LogP contribution in [0.15, 0.2) is 41.8 Å². The number of nitrogens with one attached hydrogen (secondary N) is 1. The number of thiophene rings is 1. The first kappa shape index (κ1) is 16.5. The van der Waals surface area contributed by atoms with Crippen LogP contribution in [0.1, 0.15) is 21.7 Å². The molecule has 0 spiro atoms. The second-order valence-electron chi connectivity index (χ2n) is 5.15. The topological polar surface area (TPSA) is 41.6 Å². The van der Waals surface area contributed by atoms with Gasteiger partial charge >= 0.3 is 0 Å². The van der Waals surface area contributed by atoms with Crippen LogP contribution in [0, 0.1) is 0 Å². The van der Waals surface area contributed by atoms with Gasteiger partial charge in [-0.3, -0.25) is 4.79 Å². The van der Waals surface area contributed by atoms with E-state index in [4.69, 9.17) is 4.74 Å². The van der Waals surface area contributed by atoms with Crippen LogP contribution in [0.3, 0.4) is 0 Å². The SMILES string of the molecule is COc1ccsc1C(=O)NCCCN(C)Cc1ccccc1. The monoisotopic (exact) mass is 318 g/mol. The molecule has 1 heterocycles. The molecule has 1 aromatic heterocycles. The van der Waals surface area contributed by atoms with Crippen molar-refractivity contribution in [3.05, 3.63) is 52.2 Å². The van der Waals surface area contributed by atoms with Crippen molar-refractivity contribution >= 4 is 17.2 Å². The second-order valence-corrected chi connectivity index (χ2v) is 6.07. The van der Waals surface area contributed by atoms with Crippen molar-refractivity contribution in [1.29, 1.82) is 0 Å². The van der Waals surface area contributed by atoms with Gasteiger partial charge in [0.25, 0.3) is 5.91 Å². The van der Waals surface area contributed by atoms with Crippen molar-refractivity contribution in [2.24, 2.45) is 0 Å². The Morgan fingerprint density at radius 2 is 2.05 bits per heavy atom. The zero-order chi connectivity index (χ0) is 15.8. The average molecular weight is 318 g/mol. The van der Waals surface area contributed by atoms with Gasteiger partial charge in [0.1, 0.15) is 10.6 Å². The third-order valence-electron chi connectivity index (χ3n) is 3.35. The third kappa shape index (κ3) is 4.86. The normalized spacial score (nSPS) is 10.7. The molecule has 0 bridgehead atoms. The molecule has 0 aliphatic heterocycles. The highest BCUT2D eigenvalue weighted by Crippen LogP contribution is 2.23. The first-order valence-electron chi connectivity index (χ1n) is 7.33. The van der Waals surface area contributed by atoms with Crippen LogP contribution < -0.4 is 10.1 Å². The van der Waals surface area contributed by atoms with Crippen molar-refractivity contribution in [2.75, 3.05) is 27.2 Å². The fourth-order valence-corrected chi connectivity index (χ4v) is 3.00. The lowest BCUT2D eigenvalue weighted by Crippen LogP contribution is -2.27. The molecular formula is C17H22N2O2S. The molecule has 2 aromatic rings. The number of carbonyl (C=O) groups excluding carboxylic acids is 1. The zero-order valence-electron chi connectivity index (χ0n) is 13.0. The number of rotatable bonds is 8. The van der Waals surface area contributed by atoms with Gasteiger partial charge in [-0.1, -0.05) is 30.3 Å². The zero-order valence-corrected chi connectivity index (χ0v) is 13.9. The molecule has 0 aliphatic carbocycles. The quantitative estimate of drug-likeness (QED) is 0.761. The molecule has 1 amide bonds. The number of ether oxygens (including phenoxy) is 1. The van der Waals surface area contributed by atoms with E-state index in [9.17, 15) is 4.79 Å². The fourth-order valence-electron chi connectivity index (χ4n) is 2.23. The Morgan fingerprint density at radius 3 is 2.77 bits per heavy atom. The largest absolute Gasteiger partial charge is 0.495 e. The first-order valence-corrected chi connectivity index (χ1v) is 8.21. The number of hydrogen-bond donors (Lipinski definition) is 1. The first-order chi connectivity index (χ1) is 10.7. The summed E-state index contributed by atoms with van der Waals surface area (Å²) in [5.41, 5.74) is 1.30. The minimum Gasteiger partial charge on any atom is -0.495 e. The van der Waals surface area contributed by atoms with E-state index in [1.54, 1.807) is 7.11 Å². The predicted octanol–water partition coefficient (Wildman–Crippen LogP) is 3.01. The van der Waals surface area contributed by atoms with E-state index in [1.807, 2.05) is 17.5 Å². The van der Waals surface area contributed by atoms with Gasteiger partial charge in [-0.25, -0.2) is 0 Å². The molecule has 4 nitrogen and oxygen atoms in total. The summed E-state index contributed by atoms with van der Waals surface area (Å²) in [6, 6.07) is 12.2. The Bertz CT molecular complexity index is 583. The van der Waals surface area contributed by atoms with E-state index < -0.39 is 0 Å². The van der Waals surface area contributed by atoms with Gasteiger partial charge in [0.2, 0.25) is 0 Å². The number of carbonyl (C=O) groups is 1. The molecule has 1 aromatic carbocycles. The fraction of sp³-hybridized carbons (Fsp3) is 0.353. The summed E-state index contributed by atoms with van der Waals surface area (Å²) in [4.78, 5) is 14.9. The van der Waals surface area contributed by atoms with E-state index in [0.717, 1.165) is 19.5 Å². The maximum Gasteiger partial charge on any atom is 0.265 e. The molecule has 118 valence electrons. The second kappa shape index (κ2) is 8.56. The maximum absolute atomic E-state index is 12.0. The van der Waals surface area contributed by atoms with Gasteiger partial charge in [0, 0.05) is 13.1 Å². The smallest absolute Gasteiger partial charge is 0.265 e. The number of methoxy groups -OCH3 is 1. The summed E-state index contributed by atoms with van der Waals surface area (Å²) in [6.45, 7) is 2.53. The van der Waals surface area contributed by atoms with Crippen LogP contribution >= 0.6 is 11.3 Å². The summed E-state index contributed by atoms with van der Waals surface area (Å²) in [6.07, 6.45) is 0.919. The van der Waals surface area contributed by atoms with Crippen molar-refractivity contribution in [3.63, 3.8) is 0 Å². The van der Waals surface area contributed by atoms with E-state index in [-0.39, 0.29) is 5.91 Å². The molecule has 0 atom stereocenters. The third-order valence-corrected chi connectivity index (χ3v) is 4.25. The molecule has 1 N–H and O–H groups in total. The Morgan fingerprint density at radius 1 is 1.27 bits per heavy atom. The predicted molar refractivity (Wildman–Crippen MR) is 90.6 cm³/mol. The standard InChI is InChI=1S/C17H22N2O2S/c1-19(13-14-7-4-3-5-8-14)11-6-10-18-17(20)16-15(21-2)9-12-22-16/h3-5,7-9,12H,6,10-11,13H2,1-2H3,(H,18,20). The van der Waals surface area contributed by atoms with Crippen LogP contribution in [-0.4, -0.2) is 38.1 Å². The van der Waals surface area contributed by atoms with Gasteiger partial charge in [0.05, 0.1) is 7.11 Å². The Balaban J connectivity index is 1.67. The molecule has 5 heteroatoms. The van der Waals surface area contributed by atoms with Gasteiger partial charge in [0.15, 0.2) is 0 Å². The molecular weight excluding hydrogens is 296 g/mol. The highest BCUT2D eigenvalue weighted by molar-refractivity contribution is 7.12. The average Bonchev–Trinajstić information content (AvgIpc) is 3.01. The van der Waals surface area contributed by atoms with E-state index in [0.29, 0.717) is 17.2 Å². The highest BCUT2D eigenvalue weighted by atomic mass is 32.1. The molecule has 2 rings (SSSR count). The van der Waals surface area contributed by atoms with Crippen molar-refractivity contribution in [3.8, 4) is 5.75 Å². The molecule has 0 saturated heterocycles. The Labute approximate surface area is 135 Å². The van der Waals surface area contributed by atoms with Crippen molar-refractivity contribution in [2.45, 2.75) is 13.0 Å².